The predicted octanol–water partition coefficient (Wildman–Crippen LogP) is 3.63. The Kier molecular flexibility index (Phi) is 5.37. The molecule has 2 aromatic carbocycles. The SMILES string of the molecule is CC(C)(C)N1CCO[C@H](c2ccccc2OS(=O)(=O)c2ccccc2)C1. The Labute approximate surface area is 155 Å². The minimum atomic E-state index is -3.89. The van der Waals surface area contributed by atoms with E-state index < -0.39 is 10.1 Å². The van der Waals surface area contributed by atoms with Crippen molar-refractivity contribution < 1.29 is 17.3 Å². The second-order valence-corrected chi connectivity index (χ2v) is 8.91. The first kappa shape index (κ1) is 18.9. The summed E-state index contributed by atoms with van der Waals surface area (Å²) in [5.74, 6) is 0.317. The van der Waals surface area contributed by atoms with E-state index in [1.807, 2.05) is 12.1 Å². The Balaban J connectivity index is 1.87. The first-order valence-electron chi connectivity index (χ1n) is 8.72. The summed E-state index contributed by atoms with van der Waals surface area (Å²) in [7, 11) is -3.89. The van der Waals surface area contributed by atoms with Crippen LogP contribution in [0.3, 0.4) is 0 Å². The van der Waals surface area contributed by atoms with Crippen LogP contribution in [0.25, 0.3) is 0 Å². The summed E-state index contributed by atoms with van der Waals surface area (Å²) in [6.45, 7) is 8.63. The van der Waals surface area contributed by atoms with Crippen molar-refractivity contribution in [2.75, 3.05) is 19.7 Å². The smallest absolute Gasteiger partial charge is 0.339 e. The molecule has 1 heterocycles. The molecule has 0 saturated carbocycles. The van der Waals surface area contributed by atoms with E-state index in [4.69, 9.17) is 8.92 Å². The third kappa shape index (κ3) is 4.26. The van der Waals surface area contributed by atoms with Gasteiger partial charge in [0.25, 0.3) is 0 Å². The van der Waals surface area contributed by atoms with Crippen molar-refractivity contribution in [3.63, 3.8) is 0 Å². The van der Waals surface area contributed by atoms with Gasteiger partial charge in [-0.05, 0) is 39.0 Å². The van der Waals surface area contributed by atoms with Gasteiger partial charge in [-0.15, -0.1) is 0 Å². The van der Waals surface area contributed by atoms with Crippen LogP contribution in [0.5, 0.6) is 5.75 Å². The fourth-order valence-electron chi connectivity index (χ4n) is 3.02. The second kappa shape index (κ2) is 7.39. The molecular weight excluding hydrogens is 350 g/mol. The molecule has 2 aromatic rings. The van der Waals surface area contributed by atoms with Gasteiger partial charge in [0.1, 0.15) is 10.6 Å². The standard InChI is InChI=1S/C20H25NO4S/c1-20(2,3)21-13-14-24-19(15-21)17-11-7-8-12-18(17)25-26(22,23)16-9-5-4-6-10-16/h4-12,19H,13-15H2,1-3H3/t19-/m0/s1. The molecule has 1 atom stereocenters. The topological polar surface area (TPSA) is 55.8 Å². The first-order valence-corrected chi connectivity index (χ1v) is 10.1. The van der Waals surface area contributed by atoms with Crippen LogP contribution in [0.2, 0.25) is 0 Å². The lowest BCUT2D eigenvalue weighted by Crippen LogP contribution is -2.48. The van der Waals surface area contributed by atoms with Gasteiger partial charge in [0, 0.05) is 24.2 Å². The fourth-order valence-corrected chi connectivity index (χ4v) is 4.00. The van der Waals surface area contributed by atoms with Crippen LogP contribution in [0.1, 0.15) is 32.4 Å². The van der Waals surface area contributed by atoms with Crippen LogP contribution in [0.15, 0.2) is 59.5 Å². The summed E-state index contributed by atoms with van der Waals surface area (Å²) in [5, 5.41) is 0. The first-order chi connectivity index (χ1) is 12.3. The average Bonchev–Trinajstić information content (AvgIpc) is 2.62. The molecule has 26 heavy (non-hydrogen) atoms. The zero-order chi connectivity index (χ0) is 18.8. The normalized spacial score (nSPS) is 19.3. The van der Waals surface area contributed by atoms with E-state index in [-0.39, 0.29) is 16.5 Å². The lowest BCUT2D eigenvalue weighted by Gasteiger charge is -2.41. The predicted molar refractivity (Wildman–Crippen MR) is 101 cm³/mol. The maximum absolute atomic E-state index is 12.6. The number of nitrogens with zero attached hydrogens (tertiary/aromatic N) is 1. The Morgan fingerprint density at radius 2 is 1.69 bits per heavy atom. The van der Waals surface area contributed by atoms with Crippen molar-refractivity contribution in [2.45, 2.75) is 37.3 Å². The van der Waals surface area contributed by atoms with Crippen LogP contribution < -0.4 is 4.18 Å². The fraction of sp³-hybridized carbons (Fsp3) is 0.400. The van der Waals surface area contributed by atoms with Gasteiger partial charge in [-0.2, -0.15) is 8.42 Å². The van der Waals surface area contributed by atoms with Gasteiger partial charge >= 0.3 is 10.1 Å². The highest BCUT2D eigenvalue weighted by molar-refractivity contribution is 7.87. The van der Waals surface area contributed by atoms with E-state index in [0.29, 0.717) is 18.9 Å². The number of hydrogen-bond acceptors (Lipinski definition) is 5. The molecule has 5 nitrogen and oxygen atoms in total. The monoisotopic (exact) mass is 375 g/mol. The summed E-state index contributed by atoms with van der Waals surface area (Å²) >= 11 is 0. The van der Waals surface area contributed by atoms with Crippen molar-refractivity contribution in [3.05, 3.63) is 60.2 Å². The highest BCUT2D eigenvalue weighted by Gasteiger charge is 2.31. The number of hydrogen-bond donors (Lipinski definition) is 0. The van der Waals surface area contributed by atoms with Crippen LogP contribution in [-0.2, 0) is 14.9 Å². The molecular formula is C20H25NO4S. The van der Waals surface area contributed by atoms with Gasteiger partial charge in [0.15, 0.2) is 0 Å². The van der Waals surface area contributed by atoms with Crippen molar-refractivity contribution in [2.24, 2.45) is 0 Å². The summed E-state index contributed by atoms with van der Waals surface area (Å²) in [5.41, 5.74) is 0.773. The summed E-state index contributed by atoms with van der Waals surface area (Å²) < 4.78 is 36.6. The van der Waals surface area contributed by atoms with Gasteiger partial charge in [-0.3, -0.25) is 4.90 Å². The maximum atomic E-state index is 12.6. The maximum Gasteiger partial charge on any atom is 0.339 e. The van der Waals surface area contributed by atoms with E-state index >= 15 is 0 Å². The molecule has 1 aliphatic rings. The number of para-hydroxylation sites is 1. The lowest BCUT2D eigenvalue weighted by atomic mass is 10.0. The highest BCUT2D eigenvalue weighted by atomic mass is 32.2. The summed E-state index contributed by atoms with van der Waals surface area (Å²) in [4.78, 5) is 2.47. The van der Waals surface area contributed by atoms with E-state index in [0.717, 1.165) is 12.1 Å². The third-order valence-electron chi connectivity index (χ3n) is 4.51. The van der Waals surface area contributed by atoms with E-state index in [1.54, 1.807) is 30.3 Å². The molecule has 0 bridgehead atoms. The third-order valence-corrected chi connectivity index (χ3v) is 5.76. The van der Waals surface area contributed by atoms with Gasteiger partial charge < -0.3 is 8.92 Å². The van der Waals surface area contributed by atoms with E-state index in [1.165, 1.54) is 12.1 Å². The zero-order valence-corrected chi connectivity index (χ0v) is 16.2. The molecule has 140 valence electrons. The Hall–Kier alpha value is -1.89. The molecule has 0 unspecified atom stereocenters. The summed E-state index contributed by atoms with van der Waals surface area (Å²) in [6.07, 6.45) is -0.231. The van der Waals surface area contributed by atoms with Crippen molar-refractivity contribution in [3.8, 4) is 5.75 Å². The molecule has 1 saturated heterocycles. The highest BCUT2D eigenvalue weighted by Crippen LogP contribution is 2.33. The lowest BCUT2D eigenvalue weighted by molar-refractivity contribution is -0.0601. The number of rotatable bonds is 4. The van der Waals surface area contributed by atoms with Crippen molar-refractivity contribution in [1.82, 2.24) is 4.90 Å². The van der Waals surface area contributed by atoms with Crippen LogP contribution >= 0.6 is 0 Å². The zero-order valence-electron chi connectivity index (χ0n) is 15.4. The minimum absolute atomic E-state index is 0.0218. The molecule has 0 amide bonds. The van der Waals surface area contributed by atoms with Crippen LogP contribution in [0, 0.1) is 0 Å². The average molecular weight is 375 g/mol. The van der Waals surface area contributed by atoms with Crippen molar-refractivity contribution in [1.29, 1.82) is 0 Å². The Morgan fingerprint density at radius 3 is 2.38 bits per heavy atom. The molecule has 0 aromatic heterocycles. The molecule has 3 rings (SSSR count). The van der Waals surface area contributed by atoms with E-state index in [9.17, 15) is 8.42 Å². The number of ether oxygens (including phenoxy) is 1. The quantitative estimate of drug-likeness (QED) is 0.764. The van der Waals surface area contributed by atoms with Gasteiger partial charge in [-0.1, -0.05) is 36.4 Å². The van der Waals surface area contributed by atoms with Gasteiger partial charge in [0.2, 0.25) is 0 Å². The van der Waals surface area contributed by atoms with Gasteiger partial charge in [0.05, 0.1) is 12.7 Å². The molecule has 0 spiro atoms. The van der Waals surface area contributed by atoms with Crippen LogP contribution in [0.4, 0.5) is 0 Å². The Bertz CT molecular complexity index is 844. The molecule has 1 fully saturated rings. The molecule has 1 aliphatic heterocycles. The molecule has 0 radical (unpaired) electrons. The summed E-state index contributed by atoms with van der Waals surface area (Å²) in [6, 6.07) is 15.3. The molecule has 0 aliphatic carbocycles. The minimum Gasteiger partial charge on any atom is -0.379 e. The van der Waals surface area contributed by atoms with Crippen molar-refractivity contribution >= 4 is 10.1 Å². The Morgan fingerprint density at radius 1 is 1.04 bits per heavy atom. The van der Waals surface area contributed by atoms with Gasteiger partial charge in [-0.25, -0.2) is 0 Å². The van der Waals surface area contributed by atoms with Crippen LogP contribution in [-0.4, -0.2) is 38.6 Å². The number of benzene rings is 2. The molecule has 6 heteroatoms. The second-order valence-electron chi connectivity index (χ2n) is 7.36. The largest absolute Gasteiger partial charge is 0.379 e. The number of morpholine rings is 1. The van der Waals surface area contributed by atoms with E-state index in [2.05, 4.69) is 25.7 Å². The molecule has 0 N–H and O–H groups in total.